The van der Waals surface area contributed by atoms with Crippen molar-refractivity contribution < 1.29 is 23.8 Å². The van der Waals surface area contributed by atoms with Crippen LogP contribution >= 0.6 is 0 Å². The van der Waals surface area contributed by atoms with Crippen LogP contribution in [0.3, 0.4) is 0 Å². The van der Waals surface area contributed by atoms with Crippen LogP contribution in [0.15, 0.2) is 72.8 Å². The van der Waals surface area contributed by atoms with Gasteiger partial charge in [0, 0.05) is 38.4 Å². The highest BCUT2D eigenvalue weighted by atomic mass is 16.5. The summed E-state index contributed by atoms with van der Waals surface area (Å²) in [5.41, 5.74) is 4.37. The zero-order valence-corrected chi connectivity index (χ0v) is 22.2. The summed E-state index contributed by atoms with van der Waals surface area (Å²) < 4.78 is 16.6. The number of rotatable bonds is 9. The Kier molecular flexibility index (Phi) is 9.35. The molecule has 0 aliphatic carbocycles. The number of methoxy groups -OCH3 is 2. The van der Waals surface area contributed by atoms with Gasteiger partial charge in [-0.1, -0.05) is 42.5 Å². The number of piperazine rings is 1. The Morgan fingerprint density at radius 2 is 1.66 bits per heavy atom. The minimum Gasteiger partial charge on any atom is -0.497 e. The van der Waals surface area contributed by atoms with E-state index in [9.17, 15) is 9.59 Å². The molecule has 0 radical (unpaired) electrons. The number of esters is 1. The van der Waals surface area contributed by atoms with E-state index in [0.29, 0.717) is 31.8 Å². The van der Waals surface area contributed by atoms with Gasteiger partial charge >= 0.3 is 12.0 Å². The van der Waals surface area contributed by atoms with Crippen LogP contribution in [0.4, 0.5) is 10.5 Å². The first kappa shape index (κ1) is 27.2. The molecule has 1 unspecified atom stereocenters. The molecule has 0 bridgehead atoms. The van der Waals surface area contributed by atoms with Crippen molar-refractivity contribution in [1.82, 2.24) is 9.80 Å². The standard InChI is InChI=1S/C30H35N3O5/c1-22-7-4-5-10-27(22)31-30(35)33-17-15-32(16-18-33)20-28(25-8-6-9-26(19-25)36-2)38-21-23-11-13-24(14-12-23)29(34)37-3/h4-14,19,28H,15-18,20-21H2,1-3H3,(H,31,35). The molecule has 1 aliphatic rings. The van der Waals surface area contributed by atoms with Crippen LogP contribution in [0.25, 0.3) is 0 Å². The molecule has 0 spiro atoms. The van der Waals surface area contributed by atoms with Crippen molar-refractivity contribution >= 4 is 17.7 Å². The van der Waals surface area contributed by atoms with Gasteiger partial charge in [0.25, 0.3) is 0 Å². The average Bonchev–Trinajstić information content (AvgIpc) is 2.96. The molecular weight excluding hydrogens is 482 g/mol. The van der Waals surface area contributed by atoms with Crippen LogP contribution in [-0.4, -0.2) is 68.7 Å². The molecule has 1 saturated heterocycles. The Balaban J connectivity index is 1.38. The number of anilines is 1. The van der Waals surface area contributed by atoms with Gasteiger partial charge in [-0.05, 0) is 53.9 Å². The van der Waals surface area contributed by atoms with Crippen LogP contribution in [-0.2, 0) is 16.1 Å². The first-order chi connectivity index (χ1) is 18.5. The lowest BCUT2D eigenvalue weighted by molar-refractivity contribution is 0.00582. The number of para-hydroxylation sites is 1. The number of aryl methyl sites for hydroxylation is 1. The number of hydrogen-bond donors (Lipinski definition) is 1. The van der Waals surface area contributed by atoms with Crippen LogP contribution in [0.5, 0.6) is 5.75 Å². The van der Waals surface area contributed by atoms with Crippen LogP contribution in [0.2, 0.25) is 0 Å². The smallest absolute Gasteiger partial charge is 0.337 e. The van der Waals surface area contributed by atoms with E-state index in [4.69, 9.17) is 14.2 Å². The SMILES string of the molecule is COC(=O)c1ccc(COC(CN2CCN(C(=O)Nc3ccccc3C)CC2)c2cccc(OC)c2)cc1. The summed E-state index contributed by atoms with van der Waals surface area (Å²) in [5.74, 6) is 0.412. The lowest BCUT2D eigenvalue weighted by Gasteiger charge is -2.36. The van der Waals surface area contributed by atoms with Gasteiger partial charge in [0.15, 0.2) is 0 Å². The Bertz CT molecular complexity index is 1220. The Morgan fingerprint density at radius 1 is 0.921 bits per heavy atom. The van der Waals surface area contributed by atoms with Gasteiger partial charge in [0.05, 0.1) is 32.5 Å². The van der Waals surface area contributed by atoms with Crippen molar-refractivity contribution in [2.45, 2.75) is 19.6 Å². The Labute approximate surface area is 224 Å². The maximum atomic E-state index is 12.8. The highest BCUT2D eigenvalue weighted by molar-refractivity contribution is 5.90. The second kappa shape index (κ2) is 13.1. The summed E-state index contributed by atoms with van der Waals surface area (Å²) in [6.07, 6.45) is -0.197. The molecule has 1 aliphatic heterocycles. The van der Waals surface area contributed by atoms with E-state index in [1.807, 2.05) is 72.5 Å². The van der Waals surface area contributed by atoms with Crippen molar-refractivity contribution in [3.05, 3.63) is 95.1 Å². The molecule has 1 atom stereocenters. The Hall–Kier alpha value is -3.88. The largest absolute Gasteiger partial charge is 0.497 e. The quantitative estimate of drug-likeness (QED) is 0.407. The molecule has 1 fully saturated rings. The molecule has 1 N–H and O–H groups in total. The van der Waals surface area contributed by atoms with Gasteiger partial charge in [0.1, 0.15) is 5.75 Å². The number of nitrogens with zero attached hydrogens (tertiary/aromatic N) is 2. The predicted octanol–water partition coefficient (Wildman–Crippen LogP) is 4.90. The maximum absolute atomic E-state index is 12.8. The van der Waals surface area contributed by atoms with Crippen molar-refractivity contribution in [3.63, 3.8) is 0 Å². The monoisotopic (exact) mass is 517 g/mol. The Morgan fingerprint density at radius 3 is 2.34 bits per heavy atom. The molecule has 8 heteroatoms. The first-order valence-corrected chi connectivity index (χ1v) is 12.7. The van der Waals surface area contributed by atoms with Crippen molar-refractivity contribution in [2.75, 3.05) is 52.3 Å². The molecule has 3 aromatic carbocycles. The van der Waals surface area contributed by atoms with Crippen LogP contribution < -0.4 is 10.1 Å². The summed E-state index contributed by atoms with van der Waals surface area (Å²) >= 11 is 0. The lowest BCUT2D eigenvalue weighted by atomic mass is 10.1. The van der Waals surface area contributed by atoms with E-state index >= 15 is 0 Å². The lowest BCUT2D eigenvalue weighted by Crippen LogP contribution is -2.50. The third-order valence-corrected chi connectivity index (χ3v) is 6.76. The second-order valence-electron chi connectivity index (χ2n) is 9.30. The van der Waals surface area contributed by atoms with Crippen molar-refractivity contribution in [1.29, 1.82) is 0 Å². The number of ether oxygens (including phenoxy) is 3. The third kappa shape index (κ3) is 7.12. The fraction of sp³-hybridized carbons (Fsp3) is 0.333. The number of urea groups is 1. The highest BCUT2D eigenvalue weighted by Gasteiger charge is 2.25. The summed E-state index contributed by atoms with van der Waals surface area (Å²) in [4.78, 5) is 28.7. The van der Waals surface area contributed by atoms with Gasteiger partial charge in [-0.25, -0.2) is 9.59 Å². The molecule has 4 rings (SSSR count). The summed E-state index contributed by atoms with van der Waals surface area (Å²) in [5, 5.41) is 3.03. The number of nitrogens with one attached hydrogen (secondary N) is 1. The van der Waals surface area contributed by atoms with E-state index in [-0.39, 0.29) is 18.1 Å². The summed E-state index contributed by atoms with van der Waals surface area (Å²) in [7, 11) is 3.02. The minimum absolute atomic E-state index is 0.0741. The molecule has 38 heavy (non-hydrogen) atoms. The van der Waals surface area contributed by atoms with Crippen LogP contribution in [0, 0.1) is 6.92 Å². The fourth-order valence-corrected chi connectivity index (χ4v) is 4.42. The fourth-order valence-electron chi connectivity index (χ4n) is 4.42. The number of carbonyl (C=O) groups is 2. The predicted molar refractivity (Wildman–Crippen MR) is 147 cm³/mol. The van der Waals surface area contributed by atoms with Gasteiger partial charge in [0.2, 0.25) is 0 Å². The van der Waals surface area contributed by atoms with E-state index in [0.717, 1.165) is 41.2 Å². The van der Waals surface area contributed by atoms with Gasteiger partial charge in [-0.3, -0.25) is 4.90 Å². The number of amides is 2. The van der Waals surface area contributed by atoms with Gasteiger partial charge in [-0.2, -0.15) is 0 Å². The molecule has 200 valence electrons. The summed E-state index contributed by atoms with van der Waals surface area (Å²) in [6.45, 7) is 5.83. The van der Waals surface area contributed by atoms with Gasteiger partial charge < -0.3 is 24.4 Å². The zero-order valence-electron chi connectivity index (χ0n) is 22.2. The molecule has 2 amide bonds. The molecule has 3 aromatic rings. The number of hydrogen-bond acceptors (Lipinski definition) is 6. The van der Waals surface area contributed by atoms with E-state index in [1.165, 1.54) is 7.11 Å². The number of carbonyl (C=O) groups excluding carboxylic acids is 2. The molecule has 0 aromatic heterocycles. The third-order valence-electron chi connectivity index (χ3n) is 6.76. The second-order valence-corrected chi connectivity index (χ2v) is 9.30. The minimum atomic E-state index is -0.363. The molecule has 0 saturated carbocycles. The average molecular weight is 518 g/mol. The topological polar surface area (TPSA) is 80.3 Å². The molecule has 8 nitrogen and oxygen atoms in total. The van der Waals surface area contributed by atoms with E-state index in [2.05, 4.69) is 10.2 Å². The van der Waals surface area contributed by atoms with Crippen molar-refractivity contribution in [3.8, 4) is 5.75 Å². The first-order valence-electron chi connectivity index (χ1n) is 12.7. The summed E-state index contributed by atoms with van der Waals surface area (Å²) in [6, 6.07) is 22.9. The molecular formula is C30H35N3O5. The molecule has 1 heterocycles. The maximum Gasteiger partial charge on any atom is 0.337 e. The van der Waals surface area contributed by atoms with E-state index in [1.54, 1.807) is 19.2 Å². The number of benzene rings is 3. The normalized spacial score (nSPS) is 14.6. The van der Waals surface area contributed by atoms with E-state index < -0.39 is 0 Å². The highest BCUT2D eigenvalue weighted by Crippen LogP contribution is 2.25. The zero-order chi connectivity index (χ0) is 26.9. The van der Waals surface area contributed by atoms with Crippen molar-refractivity contribution in [2.24, 2.45) is 0 Å². The van der Waals surface area contributed by atoms with Gasteiger partial charge in [-0.15, -0.1) is 0 Å². The van der Waals surface area contributed by atoms with Crippen LogP contribution in [0.1, 0.15) is 33.2 Å².